The third-order valence-electron chi connectivity index (χ3n) is 5.01. The van der Waals surface area contributed by atoms with Gasteiger partial charge in [-0.15, -0.1) is 11.3 Å². The molecule has 3 rings (SSSR count). The van der Waals surface area contributed by atoms with Gasteiger partial charge in [0.2, 0.25) is 5.91 Å². The zero-order valence-electron chi connectivity index (χ0n) is 16.2. The van der Waals surface area contributed by atoms with Crippen LogP contribution in [0.25, 0.3) is 0 Å². The maximum Gasteiger partial charge on any atom is 0.272 e. The van der Waals surface area contributed by atoms with Crippen molar-refractivity contribution >= 4 is 28.8 Å². The first kappa shape index (κ1) is 20.9. The van der Waals surface area contributed by atoms with Crippen LogP contribution in [-0.4, -0.2) is 47.8 Å². The molecule has 1 fully saturated rings. The van der Waals surface area contributed by atoms with Crippen LogP contribution in [0.2, 0.25) is 0 Å². The number of likely N-dealkylation sites (tertiary alicyclic amines) is 1. The van der Waals surface area contributed by atoms with E-state index >= 15 is 0 Å². The van der Waals surface area contributed by atoms with Gasteiger partial charge in [0.1, 0.15) is 0 Å². The highest BCUT2D eigenvalue weighted by Crippen LogP contribution is 2.27. The summed E-state index contributed by atoms with van der Waals surface area (Å²) in [6.45, 7) is 3.96. The maximum atomic E-state index is 12.2. The van der Waals surface area contributed by atoms with E-state index < -0.39 is 10.8 Å². The van der Waals surface area contributed by atoms with E-state index in [-0.39, 0.29) is 29.7 Å². The van der Waals surface area contributed by atoms with E-state index in [0.29, 0.717) is 12.1 Å². The number of nitrogens with one attached hydrogen (secondary N) is 2. The van der Waals surface area contributed by atoms with Crippen molar-refractivity contribution in [3.05, 3.63) is 61.8 Å². The Labute approximate surface area is 173 Å². The third kappa shape index (κ3) is 5.39. The molecule has 2 N–H and O–H groups in total. The number of nitrogens with zero attached hydrogens (tertiary/aromatic N) is 2. The Morgan fingerprint density at radius 2 is 2.00 bits per heavy atom. The van der Waals surface area contributed by atoms with Crippen molar-refractivity contribution in [2.75, 3.05) is 26.2 Å². The third-order valence-corrected chi connectivity index (χ3v) is 5.98. The lowest BCUT2D eigenvalue weighted by molar-refractivity contribution is -0.385. The second kappa shape index (κ2) is 9.62. The van der Waals surface area contributed by atoms with Crippen molar-refractivity contribution in [1.82, 2.24) is 15.5 Å². The highest BCUT2D eigenvalue weighted by Gasteiger charge is 2.24. The highest BCUT2D eigenvalue weighted by atomic mass is 32.1. The number of aryl methyl sites for hydroxylation is 1. The molecule has 1 atom stereocenters. The molecular formula is C20H24N4O4S. The minimum absolute atomic E-state index is 0.0409. The number of nitro groups is 1. The summed E-state index contributed by atoms with van der Waals surface area (Å²) in [6, 6.07) is 8.38. The normalized spacial score (nSPS) is 15.1. The number of hydrogen-bond acceptors (Lipinski definition) is 6. The lowest BCUT2D eigenvalue weighted by atomic mass is 10.1. The molecule has 154 valence electrons. The zero-order chi connectivity index (χ0) is 20.8. The van der Waals surface area contributed by atoms with Crippen LogP contribution in [0.1, 0.15) is 39.7 Å². The second-order valence-corrected chi connectivity index (χ2v) is 8.00. The molecule has 1 aliphatic rings. The predicted octanol–water partition coefficient (Wildman–Crippen LogP) is 2.65. The predicted molar refractivity (Wildman–Crippen MR) is 111 cm³/mol. The van der Waals surface area contributed by atoms with E-state index in [0.717, 1.165) is 13.1 Å². The van der Waals surface area contributed by atoms with Gasteiger partial charge in [0.05, 0.1) is 17.5 Å². The molecule has 0 bridgehead atoms. The van der Waals surface area contributed by atoms with Gasteiger partial charge in [0, 0.05) is 28.6 Å². The van der Waals surface area contributed by atoms with Gasteiger partial charge >= 0.3 is 0 Å². The Morgan fingerprint density at radius 1 is 1.24 bits per heavy atom. The summed E-state index contributed by atoms with van der Waals surface area (Å²) in [5.41, 5.74) is 0.645. The van der Waals surface area contributed by atoms with Crippen LogP contribution in [0.4, 0.5) is 5.69 Å². The van der Waals surface area contributed by atoms with Gasteiger partial charge in [0.15, 0.2) is 0 Å². The molecule has 1 aromatic carbocycles. The molecular weight excluding hydrogens is 392 g/mol. The summed E-state index contributed by atoms with van der Waals surface area (Å²) in [5.74, 6) is -0.703. The lowest BCUT2D eigenvalue weighted by Crippen LogP contribution is -2.41. The molecule has 1 aromatic heterocycles. The lowest BCUT2D eigenvalue weighted by Gasteiger charge is -2.26. The van der Waals surface area contributed by atoms with Gasteiger partial charge in [0.25, 0.3) is 11.6 Å². The van der Waals surface area contributed by atoms with E-state index in [1.54, 1.807) is 18.3 Å². The fraction of sp³-hybridized carbons (Fsp3) is 0.400. The Hall–Kier alpha value is -2.78. The van der Waals surface area contributed by atoms with Crippen LogP contribution in [-0.2, 0) is 4.79 Å². The number of carbonyl (C=O) groups is 2. The summed E-state index contributed by atoms with van der Waals surface area (Å²) in [7, 11) is 0. The van der Waals surface area contributed by atoms with Crippen LogP contribution >= 0.6 is 11.3 Å². The first-order valence-electron chi connectivity index (χ1n) is 9.53. The maximum absolute atomic E-state index is 12.2. The molecule has 2 amide bonds. The number of amides is 2. The van der Waals surface area contributed by atoms with Crippen LogP contribution in [0.5, 0.6) is 0 Å². The Morgan fingerprint density at radius 3 is 2.62 bits per heavy atom. The fourth-order valence-electron chi connectivity index (χ4n) is 3.48. The van der Waals surface area contributed by atoms with Crippen molar-refractivity contribution in [2.45, 2.75) is 25.8 Å². The van der Waals surface area contributed by atoms with Crippen LogP contribution in [0, 0.1) is 17.0 Å². The molecule has 9 heteroatoms. The summed E-state index contributed by atoms with van der Waals surface area (Å²) < 4.78 is 0. The zero-order valence-corrected chi connectivity index (χ0v) is 17.0. The Bertz CT molecular complexity index is 879. The molecule has 0 saturated carbocycles. The molecule has 0 spiro atoms. The molecule has 1 saturated heterocycles. The van der Waals surface area contributed by atoms with Crippen LogP contribution in [0.15, 0.2) is 35.7 Å². The molecule has 2 heterocycles. The molecule has 2 aromatic rings. The standard InChI is InChI=1S/C20H24N4O4S/c1-14-11-15(6-7-16(14)24(27)28)20(26)22-13-19(25)21-12-17(18-5-4-10-29-18)23-8-2-3-9-23/h4-7,10-11,17H,2-3,8-9,12-13H2,1H3,(H,21,25)(H,22,26). The summed E-state index contributed by atoms with van der Waals surface area (Å²) in [5, 5.41) is 18.4. The summed E-state index contributed by atoms with van der Waals surface area (Å²) >= 11 is 1.68. The van der Waals surface area contributed by atoms with E-state index in [4.69, 9.17) is 0 Å². The minimum atomic E-state index is -0.491. The van der Waals surface area contributed by atoms with E-state index in [9.17, 15) is 19.7 Å². The minimum Gasteiger partial charge on any atom is -0.353 e. The highest BCUT2D eigenvalue weighted by molar-refractivity contribution is 7.10. The molecule has 29 heavy (non-hydrogen) atoms. The number of hydrogen-bond donors (Lipinski definition) is 2. The van der Waals surface area contributed by atoms with Gasteiger partial charge in [-0.25, -0.2) is 0 Å². The molecule has 1 unspecified atom stereocenters. The van der Waals surface area contributed by atoms with Crippen molar-refractivity contribution in [1.29, 1.82) is 0 Å². The van der Waals surface area contributed by atoms with Crippen molar-refractivity contribution in [3.8, 4) is 0 Å². The second-order valence-electron chi connectivity index (χ2n) is 7.02. The SMILES string of the molecule is Cc1cc(C(=O)NCC(=O)NCC(c2cccs2)N2CCCC2)ccc1[N+](=O)[O-]. The Balaban J connectivity index is 1.52. The quantitative estimate of drug-likeness (QED) is 0.508. The van der Waals surface area contributed by atoms with Crippen molar-refractivity contribution in [3.63, 3.8) is 0 Å². The van der Waals surface area contributed by atoms with Gasteiger partial charge in [-0.2, -0.15) is 0 Å². The van der Waals surface area contributed by atoms with Gasteiger partial charge in [-0.3, -0.25) is 24.6 Å². The number of rotatable bonds is 8. The number of carbonyl (C=O) groups excluding carboxylic acids is 2. The van der Waals surface area contributed by atoms with Crippen LogP contribution < -0.4 is 10.6 Å². The molecule has 0 radical (unpaired) electrons. The van der Waals surface area contributed by atoms with E-state index in [2.05, 4.69) is 21.6 Å². The average molecular weight is 417 g/mol. The topological polar surface area (TPSA) is 105 Å². The molecule has 8 nitrogen and oxygen atoms in total. The number of thiophene rings is 1. The largest absolute Gasteiger partial charge is 0.353 e. The van der Waals surface area contributed by atoms with Gasteiger partial charge < -0.3 is 10.6 Å². The molecule has 1 aliphatic heterocycles. The number of benzene rings is 1. The Kier molecular flexibility index (Phi) is 6.95. The average Bonchev–Trinajstić information content (AvgIpc) is 3.40. The van der Waals surface area contributed by atoms with Crippen molar-refractivity contribution in [2.24, 2.45) is 0 Å². The monoisotopic (exact) mass is 416 g/mol. The fourth-order valence-corrected chi connectivity index (χ4v) is 4.34. The van der Waals surface area contributed by atoms with Crippen LogP contribution in [0.3, 0.4) is 0 Å². The van der Waals surface area contributed by atoms with Gasteiger partial charge in [-0.1, -0.05) is 6.07 Å². The van der Waals surface area contributed by atoms with Crippen molar-refractivity contribution < 1.29 is 14.5 Å². The first-order chi connectivity index (χ1) is 14.0. The van der Waals surface area contributed by atoms with E-state index in [1.165, 1.54) is 35.9 Å². The number of nitro benzene ring substituents is 1. The van der Waals surface area contributed by atoms with E-state index in [1.807, 2.05) is 11.4 Å². The molecule has 0 aliphatic carbocycles. The summed E-state index contributed by atoms with van der Waals surface area (Å²) in [4.78, 5) is 38.5. The van der Waals surface area contributed by atoms with Gasteiger partial charge in [-0.05, 0) is 56.4 Å². The first-order valence-corrected chi connectivity index (χ1v) is 10.4. The smallest absolute Gasteiger partial charge is 0.272 e. The summed E-state index contributed by atoms with van der Waals surface area (Å²) in [6.07, 6.45) is 2.33.